The third-order valence-corrected chi connectivity index (χ3v) is 4.51. The molecule has 6 nitrogen and oxygen atoms in total. The number of nitrogens with zero attached hydrogens (tertiary/aromatic N) is 3. The summed E-state index contributed by atoms with van der Waals surface area (Å²) in [7, 11) is 1.65. The van der Waals surface area contributed by atoms with Gasteiger partial charge < -0.3 is 14.1 Å². The summed E-state index contributed by atoms with van der Waals surface area (Å²) in [5, 5.41) is 4.15. The fourth-order valence-corrected chi connectivity index (χ4v) is 3.10. The van der Waals surface area contributed by atoms with E-state index in [9.17, 15) is 4.79 Å². The van der Waals surface area contributed by atoms with Crippen LogP contribution in [0.15, 0.2) is 59.3 Å². The standard InChI is InChI=1S/C19H19N3O3/c1-24-15-5-2-4-14(12-15)17-8-11-22(17)19(23)18-7-6-16(25-18)13-21-10-3-9-20-21/h2-7,9-10,12,17H,8,11,13H2,1H3. The van der Waals surface area contributed by atoms with Crippen molar-refractivity contribution in [1.82, 2.24) is 14.7 Å². The first-order valence-electron chi connectivity index (χ1n) is 8.25. The topological polar surface area (TPSA) is 60.5 Å². The second kappa shape index (κ2) is 6.47. The minimum absolute atomic E-state index is 0.0715. The average Bonchev–Trinajstić information content (AvgIpc) is 3.26. The smallest absolute Gasteiger partial charge is 0.290 e. The third kappa shape index (κ3) is 3.03. The molecule has 1 aliphatic rings. The predicted octanol–water partition coefficient (Wildman–Crippen LogP) is 3.12. The molecular weight excluding hydrogens is 318 g/mol. The van der Waals surface area contributed by atoms with Crippen LogP contribution in [0, 0.1) is 0 Å². The summed E-state index contributed by atoms with van der Waals surface area (Å²) in [5.74, 6) is 1.81. The molecule has 0 N–H and O–H groups in total. The number of rotatable bonds is 5. The summed E-state index contributed by atoms with van der Waals surface area (Å²) < 4.78 is 12.8. The Labute approximate surface area is 145 Å². The van der Waals surface area contributed by atoms with E-state index < -0.39 is 0 Å². The van der Waals surface area contributed by atoms with Gasteiger partial charge in [-0.25, -0.2) is 0 Å². The molecule has 1 aromatic carbocycles. The lowest BCUT2D eigenvalue weighted by Gasteiger charge is -2.40. The van der Waals surface area contributed by atoms with Crippen LogP contribution in [0.5, 0.6) is 5.75 Å². The first-order valence-corrected chi connectivity index (χ1v) is 8.25. The minimum Gasteiger partial charge on any atom is -0.497 e. The first kappa shape index (κ1) is 15.5. The van der Waals surface area contributed by atoms with Crippen LogP contribution in [0.1, 0.15) is 34.3 Å². The highest BCUT2D eigenvalue weighted by molar-refractivity contribution is 5.92. The van der Waals surface area contributed by atoms with Crippen molar-refractivity contribution in [2.75, 3.05) is 13.7 Å². The highest BCUT2D eigenvalue weighted by atomic mass is 16.5. The molecule has 0 aliphatic carbocycles. The van der Waals surface area contributed by atoms with Gasteiger partial charge in [0.1, 0.15) is 11.5 Å². The maximum absolute atomic E-state index is 12.8. The van der Waals surface area contributed by atoms with Crippen LogP contribution >= 0.6 is 0 Å². The Hall–Kier alpha value is -3.02. The minimum atomic E-state index is -0.0780. The molecule has 25 heavy (non-hydrogen) atoms. The van der Waals surface area contributed by atoms with E-state index >= 15 is 0 Å². The van der Waals surface area contributed by atoms with Gasteiger partial charge in [-0.3, -0.25) is 9.48 Å². The number of likely N-dealkylation sites (tertiary alicyclic amines) is 1. The van der Waals surface area contributed by atoms with Crippen molar-refractivity contribution in [2.45, 2.75) is 19.0 Å². The van der Waals surface area contributed by atoms with Crippen molar-refractivity contribution >= 4 is 5.91 Å². The predicted molar refractivity (Wildman–Crippen MR) is 91.4 cm³/mol. The Balaban J connectivity index is 1.48. The lowest BCUT2D eigenvalue weighted by molar-refractivity contribution is 0.0425. The van der Waals surface area contributed by atoms with Crippen LogP contribution in [-0.2, 0) is 6.54 Å². The molecule has 4 rings (SSSR count). The Bertz CT molecular complexity index is 870. The van der Waals surface area contributed by atoms with E-state index in [-0.39, 0.29) is 11.9 Å². The molecule has 1 aliphatic heterocycles. The molecular formula is C19H19N3O3. The SMILES string of the molecule is COc1cccc(C2CCN2C(=O)c2ccc(Cn3cccn3)o2)c1. The zero-order valence-corrected chi connectivity index (χ0v) is 14.0. The molecule has 0 radical (unpaired) electrons. The van der Waals surface area contributed by atoms with Gasteiger partial charge in [0.2, 0.25) is 0 Å². The Morgan fingerprint density at radius 2 is 2.24 bits per heavy atom. The number of ether oxygens (including phenoxy) is 1. The zero-order chi connectivity index (χ0) is 17.2. The molecule has 1 fully saturated rings. The number of hydrogen-bond donors (Lipinski definition) is 0. The number of aromatic nitrogens is 2. The van der Waals surface area contributed by atoms with Crippen LogP contribution in [-0.4, -0.2) is 34.2 Å². The zero-order valence-electron chi connectivity index (χ0n) is 14.0. The lowest BCUT2D eigenvalue weighted by Crippen LogP contribution is -2.45. The van der Waals surface area contributed by atoms with E-state index in [0.29, 0.717) is 18.1 Å². The fourth-order valence-electron chi connectivity index (χ4n) is 3.10. The third-order valence-electron chi connectivity index (χ3n) is 4.51. The summed E-state index contributed by atoms with van der Waals surface area (Å²) in [6.45, 7) is 1.25. The van der Waals surface area contributed by atoms with Crippen LogP contribution < -0.4 is 4.74 Å². The van der Waals surface area contributed by atoms with Crippen molar-refractivity contribution in [2.24, 2.45) is 0 Å². The summed E-state index contributed by atoms with van der Waals surface area (Å²) in [5.41, 5.74) is 1.09. The van der Waals surface area contributed by atoms with Crippen LogP contribution in [0.2, 0.25) is 0 Å². The van der Waals surface area contributed by atoms with Gasteiger partial charge in [-0.2, -0.15) is 5.10 Å². The van der Waals surface area contributed by atoms with E-state index in [4.69, 9.17) is 9.15 Å². The second-order valence-corrected chi connectivity index (χ2v) is 6.05. The fraction of sp³-hybridized carbons (Fsp3) is 0.263. The normalized spacial score (nSPS) is 16.5. The van der Waals surface area contributed by atoms with E-state index in [1.165, 1.54) is 0 Å². The van der Waals surface area contributed by atoms with Crippen molar-refractivity contribution in [3.63, 3.8) is 0 Å². The number of hydrogen-bond acceptors (Lipinski definition) is 4. The van der Waals surface area contributed by atoms with Gasteiger partial charge in [-0.05, 0) is 42.3 Å². The number of benzene rings is 1. The van der Waals surface area contributed by atoms with Crippen molar-refractivity contribution in [3.05, 3.63) is 71.9 Å². The molecule has 0 saturated carbocycles. The molecule has 3 aromatic rings. The van der Waals surface area contributed by atoms with E-state index in [1.54, 1.807) is 24.1 Å². The van der Waals surface area contributed by atoms with Crippen molar-refractivity contribution in [3.8, 4) is 5.75 Å². The highest BCUT2D eigenvalue weighted by Gasteiger charge is 2.35. The molecule has 6 heteroatoms. The summed E-state index contributed by atoms with van der Waals surface area (Å²) in [6.07, 6.45) is 4.52. The maximum Gasteiger partial charge on any atom is 0.290 e. The molecule has 0 spiro atoms. The van der Waals surface area contributed by atoms with Crippen LogP contribution in [0.3, 0.4) is 0 Å². The molecule has 1 saturated heterocycles. The first-order chi connectivity index (χ1) is 12.2. The Kier molecular flexibility index (Phi) is 4.01. The molecule has 1 unspecified atom stereocenters. The summed E-state index contributed by atoms with van der Waals surface area (Å²) in [4.78, 5) is 14.6. The van der Waals surface area contributed by atoms with Gasteiger partial charge >= 0.3 is 0 Å². The number of methoxy groups -OCH3 is 1. The van der Waals surface area contributed by atoms with Crippen LogP contribution in [0.25, 0.3) is 0 Å². The van der Waals surface area contributed by atoms with E-state index in [0.717, 1.165) is 24.3 Å². The molecule has 3 heterocycles. The average molecular weight is 337 g/mol. The highest BCUT2D eigenvalue weighted by Crippen LogP contribution is 2.36. The number of carbonyl (C=O) groups is 1. The van der Waals surface area contributed by atoms with E-state index in [2.05, 4.69) is 5.10 Å². The maximum atomic E-state index is 12.8. The number of amides is 1. The lowest BCUT2D eigenvalue weighted by atomic mass is 9.94. The van der Waals surface area contributed by atoms with Gasteiger partial charge in [-0.1, -0.05) is 12.1 Å². The van der Waals surface area contributed by atoms with Crippen molar-refractivity contribution in [1.29, 1.82) is 0 Å². The Morgan fingerprint density at radius 3 is 2.96 bits per heavy atom. The quantitative estimate of drug-likeness (QED) is 0.718. The van der Waals surface area contributed by atoms with Gasteiger partial charge in [0.15, 0.2) is 5.76 Å². The summed E-state index contributed by atoms with van der Waals surface area (Å²) in [6, 6.07) is 13.4. The Morgan fingerprint density at radius 1 is 1.32 bits per heavy atom. The monoisotopic (exact) mass is 337 g/mol. The molecule has 2 aromatic heterocycles. The number of furan rings is 1. The van der Waals surface area contributed by atoms with Gasteiger partial charge in [0, 0.05) is 18.9 Å². The molecule has 1 amide bonds. The van der Waals surface area contributed by atoms with Gasteiger partial charge in [0.05, 0.1) is 19.7 Å². The van der Waals surface area contributed by atoms with Crippen LogP contribution in [0.4, 0.5) is 0 Å². The molecule has 1 atom stereocenters. The summed E-state index contributed by atoms with van der Waals surface area (Å²) >= 11 is 0. The van der Waals surface area contributed by atoms with Gasteiger partial charge in [0.25, 0.3) is 5.91 Å². The van der Waals surface area contributed by atoms with Gasteiger partial charge in [-0.15, -0.1) is 0 Å². The number of carbonyl (C=O) groups excluding carboxylic acids is 1. The van der Waals surface area contributed by atoms with E-state index in [1.807, 2.05) is 47.5 Å². The largest absolute Gasteiger partial charge is 0.497 e. The second-order valence-electron chi connectivity index (χ2n) is 6.05. The molecule has 0 bridgehead atoms. The molecule has 128 valence electrons. The van der Waals surface area contributed by atoms with Crippen molar-refractivity contribution < 1.29 is 13.9 Å².